The molecule has 1 heterocycles. The molecule has 0 unspecified atom stereocenters. The summed E-state index contributed by atoms with van der Waals surface area (Å²) in [6, 6.07) is 15.1. The van der Waals surface area contributed by atoms with Crippen LogP contribution in [0.1, 0.15) is 27.9 Å². The minimum absolute atomic E-state index is 0.0610. The predicted octanol–water partition coefficient (Wildman–Crippen LogP) is 4.51. The topological polar surface area (TPSA) is 61.3 Å². The number of methoxy groups -OCH3 is 1. The second kappa shape index (κ2) is 9.53. The first-order chi connectivity index (χ1) is 13.2. The van der Waals surface area contributed by atoms with Gasteiger partial charge in [-0.05, 0) is 48.9 Å². The molecule has 7 heteroatoms. The van der Waals surface area contributed by atoms with Gasteiger partial charge in [-0.3, -0.25) is 4.79 Å². The van der Waals surface area contributed by atoms with Gasteiger partial charge < -0.3 is 9.47 Å². The predicted molar refractivity (Wildman–Crippen MR) is 108 cm³/mol. The standard InChI is InChI=1S/C20H20N2O3S2/c1-3-25-17-8-4-14(5-9-17)12-19-21-22-20(27-19)26-13-18(23)15-6-10-16(24-2)11-7-15/h4-11H,3,12-13H2,1-2H3. The van der Waals surface area contributed by atoms with Crippen LogP contribution in [0.15, 0.2) is 52.9 Å². The highest BCUT2D eigenvalue weighted by atomic mass is 32.2. The highest BCUT2D eigenvalue weighted by molar-refractivity contribution is 8.01. The van der Waals surface area contributed by atoms with E-state index in [0.29, 0.717) is 17.9 Å². The molecule has 5 nitrogen and oxygen atoms in total. The minimum atomic E-state index is 0.0610. The monoisotopic (exact) mass is 400 g/mol. The van der Waals surface area contributed by atoms with Gasteiger partial charge in [0.1, 0.15) is 16.5 Å². The maximum absolute atomic E-state index is 12.3. The van der Waals surface area contributed by atoms with Gasteiger partial charge >= 0.3 is 0 Å². The number of hydrogen-bond donors (Lipinski definition) is 0. The van der Waals surface area contributed by atoms with Gasteiger partial charge in [-0.15, -0.1) is 10.2 Å². The summed E-state index contributed by atoms with van der Waals surface area (Å²) in [7, 11) is 1.60. The number of carbonyl (C=O) groups excluding carboxylic acids is 1. The van der Waals surface area contributed by atoms with E-state index in [2.05, 4.69) is 10.2 Å². The Morgan fingerprint density at radius 2 is 1.74 bits per heavy atom. The molecule has 0 bridgehead atoms. The number of aromatic nitrogens is 2. The Hall–Kier alpha value is -2.38. The van der Waals surface area contributed by atoms with E-state index in [4.69, 9.17) is 9.47 Å². The van der Waals surface area contributed by atoms with E-state index in [1.165, 1.54) is 23.1 Å². The zero-order valence-electron chi connectivity index (χ0n) is 15.2. The van der Waals surface area contributed by atoms with Crippen LogP contribution in [0.2, 0.25) is 0 Å². The third-order valence-electron chi connectivity index (χ3n) is 3.78. The van der Waals surface area contributed by atoms with Crippen LogP contribution in [0.5, 0.6) is 11.5 Å². The molecule has 27 heavy (non-hydrogen) atoms. The number of carbonyl (C=O) groups is 1. The molecule has 0 aliphatic carbocycles. The van der Waals surface area contributed by atoms with Gasteiger partial charge in [-0.2, -0.15) is 0 Å². The van der Waals surface area contributed by atoms with Crippen molar-refractivity contribution in [2.75, 3.05) is 19.5 Å². The molecule has 140 valence electrons. The molecule has 0 amide bonds. The summed E-state index contributed by atoms with van der Waals surface area (Å²) in [5.41, 5.74) is 1.82. The Labute approximate surface area is 166 Å². The van der Waals surface area contributed by atoms with Crippen LogP contribution >= 0.6 is 23.1 Å². The smallest absolute Gasteiger partial charge is 0.174 e. The summed E-state index contributed by atoms with van der Waals surface area (Å²) < 4.78 is 11.4. The number of thioether (sulfide) groups is 1. The number of rotatable bonds is 9. The maximum atomic E-state index is 12.3. The molecule has 3 rings (SSSR count). The van der Waals surface area contributed by atoms with E-state index in [1.54, 1.807) is 31.4 Å². The van der Waals surface area contributed by atoms with Crippen molar-refractivity contribution in [1.82, 2.24) is 10.2 Å². The van der Waals surface area contributed by atoms with Crippen LogP contribution in [0.3, 0.4) is 0 Å². The molecular formula is C20H20N2O3S2. The Morgan fingerprint density at radius 3 is 2.41 bits per heavy atom. The molecular weight excluding hydrogens is 380 g/mol. The number of Topliss-reactive ketones (excluding diaryl/α,β-unsaturated/α-hetero) is 1. The van der Waals surface area contributed by atoms with E-state index >= 15 is 0 Å². The average Bonchev–Trinajstić information content (AvgIpc) is 3.15. The van der Waals surface area contributed by atoms with Gasteiger partial charge in [0.25, 0.3) is 0 Å². The molecule has 0 saturated carbocycles. The van der Waals surface area contributed by atoms with Crippen LogP contribution in [0.4, 0.5) is 0 Å². The van der Waals surface area contributed by atoms with Crippen molar-refractivity contribution < 1.29 is 14.3 Å². The first-order valence-electron chi connectivity index (χ1n) is 8.52. The maximum Gasteiger partial charge on any atom is 0.174 e. The minimum Gasteiger partial charge on any atom is -0.497 e. The number of hydrogen-bond acceptors (Lipinski definition) is 7. The first-order valence-corrected chi connectivity index (χ1v) is 10.3. The lowest BCUT2D eigenvalue weighted by molar-refractivity contribution is 0.102. The van der Waals surface area contributed by atoms with Crippen molar-refractivity contribution in [2.24, 2.45) is 0 Å². The Balaban J connectivity index is 1.53. The van der Waals surface area contributed by atoms with E-state index in [-0.39, 0.29) is 5.78 Å². The van der Waals surface area contributed by atoms with Crippen LogP contribution in [0, 0.1) is 0 Å². The summed E-state index contributed by atoms with van der Waals surface area (Å²) >= 11 is 2.94. The lowest BCUT2D eigenvalue weighted by atomic mass is 10.1. The molecule has 0 aliphatic heterocycles. The van der Waals surface area contributed by atoms with Crippen LogP contribution < -0.4 is 9.47 Å². The molecule has 0 aliphatic rings. The second-order valence-electron chi connectivity index (χ2n) is 5.66. The van der Waals surface area contributed by atoms with Crippen molar-refractivity contribution in [3.05, 3.63) is 64.7 Å². The van der Waals surface area contributed by atoms with Crippen LogP contribution in [-0.2, 0) is 6.42 Å². The molecule has 1 aromatic heterocycles. The fourth-order valence-corrected chi connectivity index (χ4v) is 4.22. The average molecular weight is 401 g/mol. The highest BCUT2D eigenvalue weighted by Gasteiger charge is 2.11. The molecule has 3 aromatic rings. The number of nitrogens with zero attached hydrogens (tertiary/aromatic N) is 2. The van der Waals surface area contributed by atoms with Gasteiger partial charge in [-0.25, -0.2) is 0 Å². The zero-order chi connectivity index (χ0) is 19.1. The number of benzene rings is 2. The van der Waals surface area contributed by atoms with Gasteiger partial charge in [-0.1, -0.05) is 35.2 Å². The van der Waals surface area contributed by atoms with Gasteiger partial charge in [0.15, 0.2) is 10.1 Å². The highest BCUT2D eigenvalue weighted by Crippen LogP contribution is 2.25. The van der Waals surface area contributed by atoms with E-state index in [0.717, 1.165) is 32.8 Å². The summed E-state index contributed by atoms with van der Waals surface area (Å²) in [5, 5.41) is 9.35. The van der Waals surface area contributed by atoms with Crippen molar-refractivity contribution in [3.63, 3.8) is 0 Å². The van der Waals surface area contributed by atoms with Gasteiger partial charge in [0, 0.05) is 12.0 Å². The molecule has 0 radical (unpaired) electrons. The van der Waals surface area contributed by atoms with E-state index in [1.807, 2.05) is 31.2 Å². The molecule has 0 N–H and O–H groups in total. The Kier molecular flexibility index (Phi) is 6.84. The quantitative estimate of drug-likeness (QED) is 0.389. The van der Waals surface area contributed by atoms with E-state index in [9.17, 15) is 4.79 Å². The van der Waals surface area contributed by atoms with Crippen LogP contribution in [0.25, 0.3) is 0 Å². The molecule has 0 atom stereocenters. The SMILES string of the molecule is CCOc1ccc(Cc2nnc(SCC(=O)c3ccc(OC)cc3)s2)cc1. The molecule has 0 saturated heterocycles. The van der Waals surface area contributed by atoms with Crippen molar-refractivity contribution in [1.29, 1.82) is 0 Å². The van der Waals surface area contributed by atoms with Crippen molar-refractivity contribution in [2.45, 2.75) is 17.7 Å². The Bertz CT molecular complexity index is 877. The summed E-state index contributed by atoms with van der Waals surface area (Å²) in [6.07, 6.45) is 0.719. The van der Waals surface area contributed by atoms with Crippen molar-refractivity contribution >= 4 is 28.9 Å². The largest absolute Gasteiger partial charge is 0.497 e. The van der Waals surface area contributed by atoms with Crippen LogP contribution in [-0.4, -0.2) is 35.5 Å². The number of ether oxygens (including phenoxy) is 2. The summed E-state index contributed by atoms with van der Waals surface area (Å²) in [5.74, 6) is 2.00. The fraction of sp³-hybridized carbons (Fsp3) is 0.250. The molecule has 0 spiro atoms. The lowest BCUT2D eigenvalue weighted by Gasteiger charge is -2.03. The Morgan fingerprint density at radius 1 is 1.04 bits per heavy atom. The number of ketones is 1. The normalized spacial score (nSPS) is 10.6. The second-order valence-corrected chi connectivity index (χ2v) is 7.94. The van der Waals surface area contributed by atoms with Gasteiger partial charge in [0.05, 0.1) is 19.5 Å². The van der Waals surface area contributed by atoms with Crippen molar-refractivity contribution in [3.8, 4) is 11.5 Å². The lowest BCUT2D eigenvalue weighted by Crippen LogP contribution is -2.02. The molecule has 0 fully saturated rings. The first kappa shape index (κ1) is 19.4. The molecule has 2 aromatic carbocycles. The third-order valence-corrected chi connectivity index (χ3v) is 5.83. The zero-order valence-corrected chi connectivity index (χ0v) is 16.8. The van der Waals surface area contributed by atoms with E-state index < -0.39 is 0 Å². The third kappa shape index (κ3) is 5.55. The summed E-state index contributed by atoms with van der Waals surface area (Å²) in [4.78, 5) is 12.3. The summed E-state index contributed by atoms with van der Waals surface area (Å²) in [6.45, 7) is 2.62. The van der Waals surface area contributed by atoms with Gasteiger partial charge in [0.2, 0.25) is 0 Å². The fourth-order valence-electron chi connectivity index (χ4n) is 2.40.